The second kappa shape index (κ2) is 5.68. The molecule has 0 saturated heterocycles. The Bertz CT molecular complexity index is 641. The summed E-state index contributed by atoms with van der Waals surface area (Å²) in [6.45, 7) is 0. The SMILES string of the molecule is O=C(Cc1ccc(F)cc1F)c1cccc(Cl)c1Cl. The lowest BCUT2D eigenvalue weighted by Crippen LogP contribution is -2.06. The zero-order valence-corrected chi connectivity index (χ0v) is 11.1. The van der Waals surface area contributed by atoms with Crippen molar-refractivity contribution in [3.05, 3.63) is 69.2 Å². The Morgan fingerprint density at radius 1 is 1.11 bits per heavy atom. The van der Waals surface area contributed by atoms with Crippen molar-refractivity contribution in [3.8, 4) is 0 Å². The van der Waals surface area contributed by atoms with Gasteiger partial charge in [0, 0.05) is 18.1 Å². The molecule has 2 aromatic rings. The van der Waals surface area contributed by atoms with Crippen molar-refractivity contribution in [2.45, 2.75) is 6.42 Å². The average molecular weight is 301 g/mol. The van der Waals surface area contributed by atoms with E-state index in [1.807, 2.05) is 0 Å². The van der Waals surface area contributed by atoms with Crippen molar-refractivity contribution in [1.29, 1.82) is 0 Å². The van der Waals surface area contributed by atoms with Gasteiger partial charge in [-0.05, 0) is 23.8 Å². The molecule has 0 atom stereocenters. The minimum atomic E-state index is -0.758. The van der Waals surface area contributed by atoms with Gasteiger partial charge >= 0.3 is 0 Å². The summed E-state index contributed by atoms with van der Waals surface area (Å²) < 4.78 is 26.2. The van der Waals surface area contributed by atoms with Gasteiger partial charge in [-0.15, -0.1) is 0 Å². The highest BCUT2D eigenvalue weighted by Gasteiger charge is 2.15. The molecule has 0 aliphatic heterocycles. The molecule has 0 N–H and O–H groups in total. The van der Waals surface area contributed by atoms with Crippen molar-refractivity contribution in [2.24, 2.45) is 0 Å². The normalized spacial score (nSPS) is 10.5. The predicted octanol–water partition coefficient (Wildman–Crippen LogP) is 4.70. The number of hydrogen-bond donors (Lipinski definition) is 0. The van der Waals surface area contributed by atoms with Gasteiger partial charge in [-0.2, -0.15) is 0 Å². The molecule has 0 saturated carbocycles. The highest BCUT2D eigenvalue weighted by atomic mass is 35.5. The molecule has 0 aromatic heterocycles. The Hall–Kier alpha value is -1.45. The van der Waals surface area contributed by atoms with Crippen LogP contribution in [-0.4, -0.2) is 5.78 Å². The summed E-state index contributed by atoms with van der Waals surface area (Å²) in [7, 11) is 0. The fourth-order valence-corrected chi connectivity index (χ4v) is 2.06. The van der Waals surface area contributed by atoms with E-state index in [-0.39, 0.29) is 33.4 Å². The molecule has 0 unspecified atom stereocenters. The first-order valence-corrected chi connectivity index (χ1v) is 6.16. The first kappa shape index (κ1) is 14.0. The van der Waals surface area contributed by atoms with Gasteiger partial charge in [0.1, 0.15) is 11.6 Å². The lowest BCUT2D eigenvalue weighted by atomic mass is 10.0. The Balaban J connectivity index is 2.28. The van der Waals surface area contributed by atoms with E-state index in [2.05, 4.69) is 0 Å². The third-order valence-corrected chi connectivity index (χ3v) is 3.44. The van der Waals surface area contributed by atoms with Crippen LogP contribution in [0.5, 0.6) is 0 Å². The lowest BCUT2D eigenvalue weighted by Gasteiger charge is -2.06. The largest absolute Gasteiger partial charge is 0.294 e. The van der Waals surface area contributed by atoms with Crippen LogP contribution >= 0.6 is 23.2 Å². The van der Waals surface area contributed by atoms with Crippen LogP contribution in [0.25, 0.3) is 0 Å². The molecule has 0 fully saturated rings. The van der Waals surface area contributed by atoms with Crippen LogP contribution in [-0.2, 0) is 6.42 Å². The third kappa shape index (κ3) is 3.11. The van der Waals surface area contributed by atoms with E-state index in [1.165, 1.54) is 12.1 Å². The topological polar surface area (TPSA) is 17.1 Å². The van der Waals surface area contributed by atoms with Crippen LogP contribution in [0.4, 0.5) is 8.78 Å². The van der Waals surface area contributed by atoms with Crippen LogP contribution in [0.15, 0.2) is 36.4 Å². The van der Waals surface area contributed by atoms with Gasteiger partial charge in [0.2, 0.25) is 0 Å². The molecule has 1 nitrogen and oxygen atoms in total. The van der Waals surface area contributed by atoms with Crippen molar-refractivity contribution < 1.29 is 13.6 Å². The number of Topliss-reactive ketones (excluding diaryl/α,β-unsaturated/α-hetero) is 1. The van der Waals surface area contributed by atoms with Gasteiger partial charge in [0.05, 0.1) is 10.0 Å². The quantitative estimate of drug-likeness (QED) is 0.751. The third-order valence-electron chi connectivity index (χ3n) is 2.62. The van der Waals surface area contributed by atoms with Crippen molar-refractivity contribution in [2.75, 3.05) is 0 Å². The fraction of sp³-hybridized carbons (Fsp3) is 0.0714. The Morgan fingerprint density at radius 3 is 2.53 bits per heavy atom. The number of benzene rings is 2. The monoisotopic (exact) mass is 300 g/mol. The minimum Gasteiger partial charge on any atom is -0.294 e. The highest BCUT2D eigenvalue weighted by Crippen LogP contribution is 2.26. The van der Waals surface area contributed by atoms with Gasteiger partial charge in [0.25, 0.3) is 0 Å². The van der Waals surface area contributed by atoms with Gasteiger partial charge < -0.3 is 0 Å². The number of ketones is 1. The van der Waals surface area contributed by atoms with E-state index in [0.29, 0.717) is 0 Å². The number of halogens is 4. The maximum absolute atomic E-state index is 13.5. The molecule has 98 valence electrons. The molecule has 0 aliphatic rings. The highest BCUT2D eigenvalue weighted by molar-refractivity contribution is 6.43. The summed E-state index contributed by atoms with van der Waals surface area (Å²) in [5, 5.41) is 0.392. The van der Waals surface area contributed by atoms with Crippen LogP contribution in [0, 0.1) is 11.6 Å². The molecule has 19 heavy (non-hydrogen) atoms. The zero-order chi connectivity index (χ0) is 14.0. The Morgan fingerprint density at radius 2 is 1.84 bits per heavy atom. The Kier molecular flexibility index (Phi) is 4.17. The van der Waals surface area contributed by atoms with E-state index in [4.69, 9.17) is 23.2 Å². The first-order chi connectivity index (χ1) is 8.99. The summed E-state index contributed by atoms with van der Waals surface area (Å²) in [5.41, 5.74) is 0.334. The second-order valence-electron chi connectivity index (χ2n) is 3.94. The van der Waals surface area contributed by atoms with E-state index < -0.39 is 11.6 Å². The summed E-state index contributed by atoms with van der Waals surface area (Å²) in [6, 6.07) is 7.73. The standard InChI is InChI=1S/C14H8Cl2F2O/c15-11-3-1-2-10(14(11)16)13(19)6-8-4-5-9(17)7-12(8)18/h1-5,7H,6H2. The average Bonchev–Trinajstić information content (AvgIpc) is 2.36. The molecule has 2 aromatic carbocycles. The molecular weight excluding hydrogens is 293 g/mol. The van der Waals surface area contributed by atoms with Gasteiger partial charge in [-0.1, -0.05) is 35.3 Å². The molecule has 0 amide bonds. The number of carbonyl (C=O) groups is 1. The molecule has 0 bridgehead atoms. The summed E-state index contributed by atoms with van der Waals surface area (Å²) in [6.07, 6.45) is -0.202. The van der Waals surface area contributed by atoms with Gasteiger partial charge in [0.15, 0.2) is 5.78 Å². The van der Waals surface area contributed by atoms with E-state index in [1.54, 1.807) is 12.1 Å². The predicted molar refractivity (Wildman–Crippen MR) is 70.9 cm³/mol. The van der Waals surface area contributed by atoms with Crippen molar-refractivity contribution in [3.63, 3.8) is 0 Å². The summed E-state index contributed by atoms with van der Waals surface area (Å²) >= 11 is 11.7. The summed E-state index contributed by atoms with van der Waals surface area (Å²) in [4.78, 5) is 12.0. The van der Waals surface area contributed by atoms with Crippen LogP contribution in [0.3, 0.4) is 0 Å². The molecular formula is C14H8Cl2F2O. The Labute approximate surface area is 118 Å². The maximum atomic E-state index is 13.5. The summed E-state index contributed by atoms with van der Waals surface area (Å²) in [5.74, 6) is -1.82. The molecule has 0 spiro atoms. The van der Waals surface area contributed by atoms with E-state index in [0.717, 1.165) is 12.1 Å². The van der Waals surface area contributed by atoms with Crippen LogP contribution in [0.1, 0.15) is 15.9 Å². The zero-order valence-electron chi connectivity index (χ0n) is 9.59. The van der Waals surface area contributed by atoms with Crippen molar-refractivity contribution in [1.82, 2.24) is 0 Å². The van der Waals surface area contributed by atoms with Crippen LogP contribution < -0.4 is 0 Å². The second-order valence-corrected chi connectivity index (χ2v) is 4.72. The fourth-order valence-electron chi connectivity index (χ4n) is 1.65. The number of rotatable bonds is 3. The number of carbonyl (C=O) groups excluding carboxylic acids is 1. The van der Waals surface area contributed by atoms with E-state index in [9.17, 15) is 13.6 Å². The maximum Gasteiger partial charge on any atom is 0.168 e. The van der Waals surface area contributed by atoms with Gasteiger partial charge in [-0.3, -0.25) is 4.79 Å². The molecule has 0 heterocycles. The molecule has 2 rings (SSSR count). The lowest BCUT2D eigenvalue weighted by molar-refractivity contribution is 0.0992. The minimum absolute atomic E-state index is 0.113. The van der Waals surface area contributed by atoms with E-state index >= 15 is 0 Å². The van der Waals surface area contributed by atoms with Crippen molar-refractivity contribution >= 4 is 29.0 Å². The smallest absolute Gasteiger partial charge is 0.168 e. The first-order valence-electron chi connectivity index (χ1n) is 5.40. The molecule has 0 aliphatic carbocycles. The van der Waals surface area contributed by atoms with Crippen LogP contribution in [0.2, 0.25) is 10.0 Å². The van der Waals surface area contributed by atoms with Gasteiger partial charge in [-0.25, -0.2) is 8.78 Å². The number of hydrogen-bond acceptors (Lipinski definition) is 1. The molecule has 5 heteroatoms. The molecule has 0 radical (unpaired) electrons.